The largest absolute Gasteiger partial charge is 0.481 e. The van der Waals surface area contributed by atoms with Gasteiger partial charge in [0.05, 0.1) is 5.41 Å². The van der Waals surface area contributed by atoms with Gasteiger partial charge in [-0.2, -0.15) is 0 Å². The Hall–Kier alpha value is -1.30. The summed E-state index contributed by atoms with van der Waals surface area (Å²) in [6.45, 7) is 4.41. The van der Waals surface area contributed by atoms with Gasteiger partial charge in [0.2, 0.25) is 0 Å². The van der Waals surface area contributed by atoms with Gasteiger partial charge in [-0.05, 0) is 38.0 Å². The van der Waals surface area contributed by atoms with Gasteiger partial charge in [0.25, 0.3) is 0 Å². The second kappa shape index (κ2) is 6.64. The van der Waals surface area contributed by atoms with Crippen LogP contribution in [0, 0.1) is 11.3 Å². The lowest BCUT2D eigenvalue weighted by atomic mass is 9.76. The highest BCUT2D eigenvalue weighted by Gasteiger charge is 2.41. The van der Waals surface area contributed by atoms with Crippen LogP contribution in [0.15, 0.2) is 0 Å². The van der Waals surface area contributed by atoms with Crippen LogP contribution in [0.5, 0.6) is 0 Å². The molecule has 2 rings (SSSR count). The zero-order chi connectivity index (χ0) is 15.5. The molecule has 2 fully saturated rings. The monoisotopic (exact) mass is 298 g/mol. The van der Waals surface area contributed by atoms with Crippen LogP contribution in [-0.4, -0.2) is 64.8 Å². The molecule has 2 aliphatic rings. The minimum absolute atomic E-state index is 0.00300. The Balaban J connectivity index is 1.92. The van der Waals surface area contributed by atoms with Gasteiger partial charge in [0.15, 0.2) is 0 Å². The molecule has 0 aromatic heterocycles. The van der Waals surface area contributed by atoms with Crippen molar-refractivity contribution in [2.45, 2.75) is 39.0 Å². The number of urea groups is 1. The van der Waals surface area contributed by atoms with E-state index in [0.29, 0.717) is 38.9 Å². The molecule has 0 spiro atoms. The maximum Gasteiger partial charge on any atom is 0.320 e. The highest BCUT2D eigenvalue weighted by Crippen LogP contribution is 2.35. The van der Waals surface area contributed by atoms with Gasteiger partial charge >= 0.3 is 12.0 Å². The number of likely N-dealkylation sites (tertiary alicyclic amines) is 2. The summed E-state index contributed by atoms with van der Waals surface area (Å²) in [4.78, 5) is 27.5. The zero-order valence-electron chi connectivity index (χ0n) is 12.8. The lowest BCUT2D eigenvalue weighted by molar-refractivity contribution is -0.152. The van der Waals surface area contributed by atoms with Gasteiger partial charge in [-0.15, -0.1) is 0 Å². The first-order valence-electron chi connectivity index (χ1n) is 7.90. The average Bonchev–Trinajstić information content (AvgIpc) is 2.54. The zero-order valence-corrected chi connectivity index (χ0v) is 12.8. The maximum absolute atomic E-state index is 12.5. The predicted molar refractivity (Wildman–Crippen MR) is 77.9 cm³/mol. The number of piperidine rings is 2. The van der Waals surface area contributed by atoms with Crippen molar-refractivity contribution in [2.75, 3.05) is 32.8 Å². The third kappa shape index (κ3) is 3.31. The van der Waals surface area contributed by atoms with Gasteiger partial charge < -0.3 is 20.0 Å². The van der Waals surface area contributed by atoms with E-state index in [-0.39, 0.29) is 18.6 Å². The summed E-state index contributed by atoms with van der Waals surface area (Å²) in [5, 5.41) is 18.6. The van der Waals surface area contributed by atoms with Crippen molar-refractivity contribution in [2.24, 2.45) is 11.3 Å². The smallest absolute Gasteiger partial charge is 0.320 e. The molecule has 0 bridgehead atoms. The lowest BCUT2D eigenvalue weighted by Crippen LogP contribution is -2.52. The van der Waals surface area contributed by atoms with E-state index in [9.17, 15) is 19.8 Å². The third-order valence-electron chi connectivity index (χ3n) is 5.17. The number of carbonyl (C=O) groups excluding carboxylic acids is 1. The van der Waals surface area contributed by atoms with Gasteiger partial charge in [-0.1, -0.05) is 6.92 Å². The van der Waals surface area contributed by atoms with Crippen LogP contribution >= 0.6 is 0 Å². The molecule has 6 nitrogen and oxygen atoms in total. The number of aliphatic carboxylic acids is 1. The Morgan fingerprint density at radius 1 is 1.19 bits per heavy atom. The van der Waals surface area contributed by atoms with Crippen LogP contribution in [0.2, 0.25) is 0 Å². The van der Waals surface area contributed by atoms with E-state index in [1.54, 1.807) is 4.90 Å². The molecule has 2 saturated heterocycles. The second-order valence-corrected chi connectivity index (χ2v) is 6.35. The number of carboxylic acids is 1. The van der Waals surface area contributed by atoms with Gasteiger partial charge in [0, 0.05) is 32.8 Å². The minimum Gasteiger partial charge on any atom is -0.481 e. The molecule has 1 unspecified atom stereocenters. The molecule has 6 heteroatoms. The first kappa shape index (κ1) is 16.1. The number of rotatable bonds is 3. The van der Waals surface area contributed by atoms with Crippen LogP contribution in [0.1, 0.15) is 39.0 Å². The number of aliphatic hydroxyl groups is 1. The molecule has 1 atom stereocenters. The SMILES string of the molecule is CCC1(C(=O)O)CCN(C(=O)N2CCCC(CO)C2)CC1. The standard InChI is InChI=1S/C15H26N2O4/c1-2-15(13(19)20)5-8-16(9-6-15)14(21)17-7-3-4-12(10-17)11-18/h12,18H,2-11H2,1H3,(H,19,20). The average molecular weight is 298 g/mol. The predicted octanol–water partition coefficient (Wildman–Crippen LogP) is 1.39. The van der Waals surface area contributed by atoms with Crippen molar-refractivity contribution in [1.82, 2.24) is 9.80 Å². The molecule has 120 valence electrons. The molecule has 2 amide bonds. The molecule has 2 heterocycles. The molecule has 21 heavy (non-hydrogen) atoms. The van der Waals surface area contributed by atoms with E-state index in [2.05, 4.69) is 0 Å². The van der Waals surface area contributed by atoms with Crippen molar-refractivity contribution in [3.63, 3.8) is 0 Å². The number of amides is 2. The molecule has 2 N–H and O–H groups in total. The molecule has 0 saturated carbocycles. The Morgan fingerprint density at radius 3 is 2.38 bits per heavy atom. The van der Waals surface area contributed by atoms with Crippen LogP contribution in [0.3, 0.4) is 0 Å². The van der Waals surface area contributed by atoms with Crippen molar-refractivity contribution >= 4 is 12.0 Å². The third-order valence-corrected chi connectivity index (χ3v) is 5.17. The summed E-state index contributed by atoms with van der Waals surface area (Å²) >= 11 is 0. The fraction of sp³-hybridized carbons (Fsp3) is 0.867. The van der Waals surface area contributed by atoms with Gasteiger partial charge in [-0.25, -0.2) is 4.79 Å². The number of nitrogens with zero attached hydrogens (tertiary/aromatic N) is 2. The molecule has 0 aromatic carbocycles. The number of carbonyl (C=O) groups is 2. The van der Waals surface area contributed by atoms with E-state index in [1.807, 2.05) is 11.8 Å². The lowest BCUT2D eigenvalue weighted by Gasteiger charge is -2.41. The van der Waals surface area contributed by atoms with Crippen LogP contribution in [0.25, 0.3) is 0 Å². The normalized spacial score (nSPS) is 25.7. The quantitative estimate of drug-likeness (QED) is 0.825. The highest BCUT2D eigenvalue weighted by molar-refractivity contribution is 5.77. The minimum atomic E-state index is -0.740. The molecule has 0 aromatic rings. The summed E-state index contributed by atoms with van der Waals surface area (Å²) < 4.78 is 0. The van der Waals surface area contributed by atoms with E-state index >= 15 is 0 Å². The molecule has 0 aliphatic carbocycles. The fourth-order valence-corrected chi connectivity index (χ4v) is 3.43. The van der Waals surface area contributed by atoms with E-state index < -0.39 is 11.4 Å². The van der Waals surface area contributed by atoms with Gasteiger partial charge in [-0.3, -0.25) is 4.79 Å². The van der Waals surface area contributed by atoms with Crippen molar-refractivity contribution in [3.8, 4) is 0 Å². The summed E-state index contributed by atoms with van der Waals surface area (Å²) in [5.41, 5.74) is -0.660. The van der Waals surface area contributed by atoms with Crippen molar-refractivity contribution < 1.29 is 19.8 Å². The fourth-order valence-electron chi connectivity index (χ4n) is 3.43. The summed E-state index contributed by atoms with van der Waals surface area (Å²) in [6, 6.07) is 0.00300. The highest BCUT2D eigenvalue weighted by atomic mass is 16.4. The first-order valence-corrected chi connectivity index (χ1v) is 7.90. The summed E-state index contributed by atoms with van der Waals surface area (Å²) in [5.74, 6) is -0.559. The summed E-state index contributed by atoms with van der Waals surface area (Å²) in [7, 11) is 0. The van der Waals surface area contributed by atoms with Crippen molar-refractivity contribution in [3.05, 3.63) is 0 Å². The maximum atomic E-state index is 12.5. The molecular formula is C15H26N2O4. The Bertz CT molecular complexity index is 391. The van der Waals surface area contributed by atoms with Crippen LogP contribution in [0.4, 0.5) is 4.79 Å². The number of hydrogen-bond acceptors (Lipinski definition) is 3. The number of carboxylic acid groups (broad SMARTS) is 1. The Labute approximate surface area is 125 Å². The van der Waals surface area contributed by atoms with Gasteiger partial charge in [0.1, 0.15) is 0 Å². The second-order valence-electron chi connectivity index (χ2n) is 6.35. The van der Waals surface area contributed by atoms with E-state index in [1.165, 1.54) is 0 Å². The van der Waals surface area contributed by atoms with Crippen molar-refractivity contribution in [1.29, 1.82) is 0 Å². The van der Waals surface area contributed by atoms with Crippen LogP contribution in [-0.2, 0) is 4.79 Å². The topological polar surface area (TPSA) is 81.1 Å². The summed E-state index contributed by atoms with van der Waals surface area (Å²) in [6.07, 6.45) is 3.57. The Kier molecular flexibility index (Phi) is 5.08. The van der Waals surface area contributed by atoms with Crippen LogP contribution < -0.4 is 0 Å². The van der Waals surface area contributed by atoms with E-state index in [0.717, 1.165) is 19.4 Å². The Morgan fingerprint density at radius 2 is 1.86 bits per heavy atom. The number of aliphatic hydroxyl groups excluding tert-OH is 1. The molecule has 2 aliphatic heterocycles. The molecular weight excluding hydrogens is 272 g/mol. The van der Waals surface area contributed by atoms with E-state index in [4.69, 9.17) is 0 Å². The number of hydrogen-bond donors (Lipinski definition) is 2. The molecule has 0 radical (unpaired) electrons. The first-order chi connectivity index (χ1) is 10.0.